The number of hydrogen-bond donors (Lipinski definition) is 4. The summed E-state index contributed by atoms with van der Waals surface area (Å²) >= 11 is 7.64. The first-order valence-electron chi connectivity index (χ1n) is 31.4. The highest BCUT2D eigenvalue weighted by Gasteiger charge is 2.38. The van der Waals surface area contributed by atoms with Crippen molar-refractivity contribution in [1.82, 2.24) is 32.7 Å². The second kappa shape index (κ2) is 28.7. The number of ketones is 2. The highest BCUT2D eigenvalue weighted by Crippen LogP contribution is 2.42. The fourth-order valence-electron chi connectivity index (χ4n) is 12.6. The van der Waals surface area contributed by atoms with E-state index in [4.69, 9.17) is 27.9 Å². The molecule has 0 amide bonds. The monoisotopic (exact) mass is 1360 g/mol. The minimum atomic E-state index is -0.0862. The van der Waals surface area contributed by atoms with Gasteiger partial charge in [-0.15, -0.1) is 34.0 Å². The molecule has 1 aliphatic rings. The molecule has 0 bridgehead atoms. The highest BCUT2D eigenvalue weighted by atomic mass is 32.1. The molecular formula is C75H95N12O2S5+. The maximum Gasteiger partial charge on any atom is 0.295 e. The first-order valence-corrected chi connectivity index (χ1v) is 35.3. The Bertz CT molecular complexity index is 4830. The Hall–Kier alpha value is -7.68. The molecule has 0 saturated carbocycles. The van der Waals surface area contributed by atoms with Gasteiger partial charge in [-0.05, 0) is 264 Å². The molecular weight excluding hydrogens is 1260 g/mol. The number of nitrogens with zero attached hydrogens (tertiary/aromatic N) is 8. The summed E-state index contributed by atoms with van der Waals surface area (Å²) in [6.07, 6.45) is 0. The predicted octanol–water partition coefficient (Wildman–Crippen LogP) is 18.9. The summed E-state index contributed by atoms with van der Waals surface area (Å²) in [5.41, 5.74) is 58.0. The van der Waals surface area contributed by atoms with Gasteiger partial charge in [-0.2, -0.15) is 27.7 Å². The molecule has 0 unspecified atom stereocenters. The average molecular weight is 1360 g/mol. The van der Waals surface area contributed by atoms with Crippen LogP contribution in [-0.4, -0.2) is 44.2 Å². The maximum atomic E-state index is 12.0. The van der Waals surface area contributed by atoms with E-state index in [1.54, 1.807) is 11.3 Å². The number of nitrogens with two attached hydrogens (primary N) is 4. The first-order chi connectivity index (χ1) is 43.8. The van der Waals surface area contributed by atoms with E-state index in [0.717, 1.165) is 99.6 Å². The van der Waals surface area contributed by atoms with E-state index in [1.807, 2.05) is 87.5 Å². The molecule has 8 N–H and O–H groups in total. The van der Waals surface area contributed by atoms with Crippen LogP contribution in [0.5, 0.6) is 0 Å². The fraction of sp³-hybridized carbons (Fsp3) is 0.387. The third-order valence-electron chi connectivity index (χ3n) is 19.5. The molecule has 94 heavy (non-hydrogen) atoms. The van der Waals surface area contributed by atoms with E-state index in [0.29, 0.717) is 16.7 Å². The smallest absolute Gasteiger partial charge is 0.295 e. The number of carbonyl (C=O) groups excluding carboxylic acids is 2. The zero-order valence-corrected chi connectivity index (χ0v) is 64.8. The largest absolute Gasteiger partial charge is 0.402 e. The number of aryl methyl sites for hydroxylation is 16. The molecule has 1 aliphatic carbocycles. The Kier molecular flexibility index (Phi) is 22.5. The molecule has 7 heterocycles. The van der Waals surface area contributed by atoms with Crippen LogP contribution in [0.2, 0.25) is 0 Å². The number of nitrogen functional groups attached to an aromatic ring is 2. The van der Waals surface area contributed by atoms with Gasteiger partial charge in [0.1, 0.15) is 27.8 Å². The van der Waals surface area contributed by atoms with E-state index >= 15 is 0 Å². The molecule has 0 fully saturated rings. The van der Waals surface area contributed by atoms with Crippen LogP contribution >= 0.6 is 57.5 Å². The van der Waals surface area contributed by atoms with Crippen LogP contribution in [0, 0.1) is 152 Å². The zero-order chi connectivity index (χ0) is 70.6. The minimum Gasteiger partial charge on any atom is -0.402 e. The predicted molar refractivity (Wildman–Crippen MR) is 406 cm³/mol. The molecule has 11 aromatic rings. The molecule has 0 radical (unpaired) electrons. The summed E-state index contributed by atoms with van der Waals surface area (Å²) in [6.45, 7) is 57.7. The summed E-state index contributed by atoms with van der Waals surface area (Å²) in [6, 6.07) is 0. The van der Waals surface area contributed by atoms with Crippen molar-refractivity contribution < 1.29 is 14.2 Å². The van der Waals surface area contributed by atoms with Crippen LogP contribution in [0.3, 0.4) is 0 Å². The van der Waals surface area contributed by atoms with Crippen molar-refractivity contribution in [3.05, 3.63) is 164 Å². The zero-order valence-electron chi connectivity index (χ0n) is 60.7. The number of benzene rings is 4. The van der Waals surface area contributed by atoms with Gasteiger partial charge in [0.25, 0.3) is 5.82 Å². The standard InChI is InChI=1S/C15H21N2.C14H12N4S2.C14H22N2.C12H12O2S.C10H12N2S.C10H16N2S/c1-8-9(2)11(4)15-14(10(8)3)12(5)17(7)13(6)16-15;1-5-7(3)11-14(18-19-15-11)10-6(2)8(4)12-13(9(5)10)17-20-16-12;1-7-8(2)10(4)14(16)13(9(7)3)11(5)12(6)15;1-5(2)8-11(13)9-6(3)15-7(4)10(9)12(8)14;1-5-9-7(3)13-8(4)10(9)6(2)12-11-5;1-5(6(2)11)9-7(3)13-8(4)10(9)12/h1-7H3;1-4H3;15-16H2,1-6H3;1-4H3;1-4H3;11-12H2,1-4H3/q+1;;;;;/b;;12-11-;;;6-5-. The summed E-state index contributed by atoms with van der Waals surface area (Å²) in [5, 5.41) is 14.6. The third-order valence-corrected chi connectivity index (χ3v) is 23.7. The SMILES string of the molecule is C/C(N)=C(\C)c1c(C)c(C)c(C)c(C)c1N.C/C(N)=C(\C)c1c(C)sc(C)c1N.CC(C)=C1C(=O)c2c(C)sc(C)c2C1=O.Cc1c(C)c(C)c2c(C)[n+](C)c(C)nc2c1C.Cc1c(C)c2c3nsnc3c(C)c(C)c2c2nsnc12.Cc1nnc(C)c2c(C)sc(C)c12. The van der Waals surface area contributed by atoms with Gasteiger partial charge < -0.3 is 22.9 Å². The van der Waals surface area contributed by atoms with Crippen LogP contribution in [0.4, 0.5) is 11.4 Å². The lowest BCUT2D eigenvalue weighted by molar-refractivity contribution is -0.685. The van der Waals surface area contributed by atoms with Crippen molar-refractivity contribution in [3.8, 4) is 0 Å². The van der Waals surface area contributed by atoms with Crippen molar-refractivity contribution in [2.45, 2.75) is 194 Å². The molecule has 4 aromatic carbocycles. The third kappa shape index (κ3) is 13.4. The molecule has 12 rings (SSSR count). The molecule has 19 heteroatoms. The lowest BCUT2D eigenvalue weighted by Gasteiger charge is -2.19. The molecule has 0 spiro atoms. The van der Waals surface area contributed by atoms with Crippen molar-refractivity contribution in [1.29, 1.82) is 0 Å². The van der Waals surface area contributed by atoms with Crippen molar-refractivity contribution >= 4 is 146 Å². The van der Waals surface area contributed by atoms with Gasteiger partial charge in [0.15, 0.2) is 17.1 Å². The number of Topliss-reactive ketones (excluding diaryl/α,β-unsaturated/α-hetero) is 2. The second-order valence-corrected chi connectivity index (χ2v) is 30.8. The van der Waals surface area contributed by atoms with Crippen LogP contribution < -0.4 is 27.5 Å². The molecule has 496 valence electrons. The number of aromatic nitrogens is 8. The number of allylic oxidation sites excluding steroid dienone is 6. The summed E-state index contributed by atoms with van der Waals surface area (Å²) in [5.74, 6) is 0.898. The van der Waals surface area contributed by atoms with Crippen LogP contribution in [0.15, 0.2) is 22.5 Å². The average Bonchev–Trinajstić information content (AvgIpc) is 1.38. The highest BCUT2D eigenvalue weighted by molar-refractivity contribution is 7.14. The Morgan fingerprint density at radius 3 is 1.15 bits per heavy atom. The topological polar surface area (TPSA) is 232 Å². The Morgan fingerprint density at radius 2 is 0.734 bits per heavy atom. The number of thiophene rings is 3. The summed E-state index contributed by atoms with van der Waals surface area (Å²) in [4.78, 5) is 35.8. The summed E-state index contributed by atoms with van der Waals surface area (Å²) < 4.78 is 20.2. The van der Waals surface area contributed by atoms with Crippen molar-refractivity contribution in [2.75, 3.05) is 11.5 Å². The second-order valence-electron chi connectivity index (χ2n) is 25.4. The Morgan fingerprint density at radius 1 is 0.372 bits per heavy atom. The van der Waals surface area contributed by atoms with Gasteiger partial charge in [-0.3, -0.25) is 9.59 Å². The normalized spacial score (nSPS) is 12.4. The lowest BCUT2D eigenvalue weighted by atomic mass is 9.89. The van der Waals surface area contributed by atoms with Gasteiger partial charge in [0.05, 0.1) is 58.5 Å². The number of hydrogen-bond acceptors (Lipinski definition) is 18. The number of carbonyl (C=O) groups is 2. The van der Waals surface area contributed by atoms with Crippen LogP contribution in [-0.2, 0) is 7.05 Å². The lowest BCUT2D eigenvalue weighted by Crippen LogP contribution is -2.37. The van der Waals surface area contributed by atoms with Crippen LogP contribution in [0.25, 0.3) is 65.7 Å². The van der Waals surface area contributed by atoms with E-state index in [2.05, 4.69) is 157 Å². The fourth-order valence-corrected chi connectivity index (χ4v) is 17.1. The van der Waals surface area contributed by atoms with Crippen LogP contribution in [0.1, 0.15) is 192 Å². The van der Waals surface area contributed by atoms with E-state index < -0.39 is 0 Å². The first kappa shape index (κ1) is 73.7. The maximum absolute atomic E-state index is 12.0. The van der Waals surface area contributed by atoms with Gasteiger partial charge in [0.2, 0.25) is 0 Å². The van der Waals surface area contributed by atoms with Gasteiger partial charge in [-0.25, -0.2) is 4.57 Å². The summed E-state index contributed by atoms with van der Waals surface area (Å²) in [7, 11) is 2.08. The molecule has 7 aromatic heterocycles. The van der Waals surface area contributed by atoms with Gasteiger partial charge in [0, 0.05) is 103 Å². The Balaban J connectivity index is 0.000000161. The van der Waals surface area contributed by atoms with E-state index in [-0.39, 0.29) is 11.6 Å². The van der Waals surface area contributed by atoms with Crippen molar-refractivity contribution in [2.24, 2.45) is 18.5 Å². The van der Waals surface area contributed by atoms with Gasteiger partial charge >= 0.3 is 0 Å². The number of fused-ring (bicyclic) bond motifs is 8. The molecule has 14 nitrogen and oxygen atoms in total. The Labute approximate surface area is 576 Å². The molecule has 0 saturated heterocycles. The van der Waals surface area contributed by atoms with Gasteiger partial charge in [-0.1, -0.05) is 5.57 Å². The quantitative estimate of drug-likeness (QED) is 0.0547. The number of rotatable bonds is 2. The molecule has 0 atom stereocenters. The van der Waals surface area contributed by atoms with E-state index in [1.165, 1.54) is 159 Å². The van der Waals surface area contributed by atoms with E-state index in [9.17, 15) is 9.59 Å². The minimum absolute atomic E-state index is 0.0862. The number of anilines is 2. The van der Waals surface area contributed by atoms with Crippen molar-refractivity contribution in [3.63, 3.8) is 0 Å². The molecule has 0 aliphatic heterocycles.